The van der Waals surface area contributed by atoms with Crippen molar-refractivity contribution in [3.8, 4) is 5.69 Å². The van der Waals surface area contributed by atoms with Gasteiger partial charge in [0.1, 0.15) is 0 Å². The lowest BCUT2D eigenvalue weighted by Gasteiger charge is -2.08. The van der Waals surface area contributed by atoms with Gasteiger partial charge in [0, 0.05) is 6.20 Å². The van der Waals surface area contributed by atoms with E-state index >= 15 is 0 Å². The third-order valence-corrected chi connectivity index (χ3v) is 3.67. The fraction of sp³-hybridized carbons (Fsp3) is 0.286. The van der Waals surface area contributed by atoms with Crippen LogP contribution >= 0.6 is 0 Å². The number of benzene rings is 1. The Morgan fingerprint density at radius 3 is 2.61 bits per heavy atom. The minimum Gasteiger partial charge on any atom is -0.241 e. The SMILES string of the molecule is C/C=C(C)/C=C(\C=C/C(C)C)c1cccc(-n2ccc(C)n2)c1. The predicted molar refractivity (Wildman–Crippen MR) is 99.7 cm³/mol. The predicted octanol–water partition coefficient (Wildman–Crippen LogP) is 5.74. The molecule has 2 rings (SSSR count). The number of hydrogen-bond acceptors (Lipinski definition) is 1. The Morgan fingerprint density at radius 2 is 2.00 bits per heavy atom. The first kappa shape index (κ1) is 17.0. The first-order valence-electron chi connectivity index (χ1n) is 8.15. The number of allylic oxidation sites excluding steroid dienone is 6. The smallest absolute Gasteiger partial charge is 0.0651 e. The average molecular weight is 306 g/mol. The lowest BCUT2D eigenvalue weighted by Crippen LogP contribution is -1.96. The molecule has 0 spiro atoms. The summed E-state index contributed by atoms with van der Waals surface area (Å²) in [6.07, 6.45) is 10.8. The Hall–Kier alpha value is -2.35. The van der Waals surface area contributed by atoms with Crippen LogP contribution in [0.4, 0.5) is 0 Å². The highest BCUT2D eigenvalue weighted by Crippen LogP contribution is 2.22. The summed E-state index contributed by atoms with van der Waals surface area (Å²) in [6.45, 7) is 10.6. The van der Waals surface area contributed by atoms with Gasteiger partial charge in [0.05, 0.1) is 11.4 Å². The molecule has 2 nitrogen and oxygen atoms in total. The van der Waals surface area contributed by atoms with E-state index in [1.54, 1.807) is 0 Å². The molecule has 0 atom stereocenters. The second-order valence-electron chi connectivity index (χ2n) is 6.19. The Bertz CT molecular complexity index is 743. The van der Waals surface area contributed by atoms with Crippen molar-refractivity contribution in [3.63, 3.8) is 0 Å². The molecular formula is C21H26N2. The van der Waals surface area contributed by atoms with Crippen molar-refractivity contribution >= 4 is 5.57 Å². The fourth-order valence-electron chi connectivity index (χ4n) is 2.24. The van der Waals surface area contributed by atoms with Crippen molar-refractivity contribution < 1.29 is 0 Å². The summed E-state index contributed by atoms with van der Waals surface area (Å²) in [5.74, 6) is 0.529. The van der Waals surface area contributed by atoms with Crippen molar-refractivity contribution in [1.29, 1.82) is 0 Å². The highest BCUT2D eigenvalue weighted by molar-refractivity contribution is 5.77. The van der Waals surface area contributed by atoms with E-state index in [9.17, 15) is 0 Å². The molecule has 0 amide bonds. The van der Waals surface area contributed by atoms with Gasteiger partial charge in [-0.05, 0) is 56.0 Å². The molecule has 23 heavy (non-hydrogen) atoms. The molecular weight excluding hydrogens is 280 g/mol. The van der Waals surface area contributed by atoms with Crippen molar-refractivity contribution in [2.75, 3.05) is 0 Å². The summed E-state index contributed by atoms with van der Waals surface area (Å²) in [4.78, 5) is 0. The molecule has 1 aromatic heterocycles. The summed E-state index contributed by atoms with van der Waals surface area (Å²) < 4.78 is 1.92. The first-order valence-corrected chi connectivity index (χ1v) is 8.15. The quantitative estimate of drug-likeness (QED) is 0.644. The lowest BCUT2D eigenvalue weighted by molar-refractivity contribution is 0.832. The molecule has 0 saturated carbocycles. The second-order valence-corrected chi connectivity index (χ2v) is 6.19. The van der Waals surface area contributed by atoms with E-state index in [1.165, 1.54) is 16.7 Å². The molecule has 0 fully saturated rings. The monoisotopic (exact) mass is 306 g/mol. The zero-order valence-electron chi connectivity index (χ0n) is 14.7. The molecule has 0 aliphatic carbocycles. The third kappa shape index (κ3) is 4.82. The molecule has 0 N–H and O–H groups in total. The lowest BCUT2D eigenvalue weighted by atomic mass is 10.0. The van der Waals surface area contributed by atoms with Gasteiger partial charge in [-0.1, -0.05) is 55.9 Å². The van der Waals surface area contributed by atoms with Crippen molar-refractivity contribution in [2.24, 2.45) is 5.92 Å². The van der Waals surface area contributed by atoms with Crippen LogP contribution in [0, 0.1) is 12.8 Å². The maximum Gasteiger partial charge on any atom is 0.0651 e. The Balaban J connectivity index is 2.45. The van der Waals surface area contributed by atoms with E-state index in [4.69, 9.17) is 0 Å². The van der Waals surface area contributed by atoms with Crippen LogP contribution in [0.25, 0.3) is 11.3 Å². The second kappa shape index (κ2) is 7.77. The van der Waals surface area contributed by atoms with Gasteiger partial charge in [0.15, 0.2) is 0 Å². The molecule has 0 aliphatic heterocycles. The van der Waals surface area contributed by atoms with Gasteiger partial charge in [-0.15, -0.1) is 0 Å². The van der Waals surface area contributed by atoms with Crippen molar-refractivity contribution in [3.05, 3.63) is 77.7 Å². The van der Waals surface area contributed by atoms with E-state index in [-0.39, 0.29) is 0 Å². The zero-order chi connectivity index (χ0) is 16.8. The molecule has 0 saturated heterocycles. The van der Waals surface area contributed by atoms with Crippen molar-refractivity contribution in [2.45, 2.75) is 34.6 Å². The minimum atomic E-state index is 0.529. The minimum absolute atomic E-state index is 0.529. The highest BCUT2D eigenvalue weighted by Gasteiger charge is 2.03. The van der Waals surface area contributed by atoms with Gasteiger partial charge >= 0.3 is 0 Å². The van der Waals surface area contributed by atoms with Crippen LogP contribution in [0.2, 0.25) is 0 Å². The summed E-state index contributed by atoms with van der Waals surface area (Å²) in [5.41, 5.74) is 5.79. The van der Waals surface area contributed by atoms with E-state index in [0.29, 0.717) is 5.92 Å². The summed E-state index contributed by atoms with van der Waals surface area (Å²) in [5, 5.41) is 4.50. The summed E-state index contributed by atoms with van der Waals surface area (Å²) >= 11 is 0. The van der Waals surface area contributed by atoms with Crippen LogP contribution in [-0.2, 0) is 0 Å². The van der Waals surface area contributed by atoms with Crippen LogP contribution < -0.4 is 0 Å². The molecule has 0 aliphatic rings. The fourth-order valence-corrected chi connectivity index (χ4v) is 2.24. The molecule has 120 valence electrons. The molecule has 2 aromatic rings. The largest absolute Gasteiger partial charge is 0.241 e. The van der Waals surface area contributed by atoms with E-state index in [0.717, 1.165) is 11.4 Å². The number of nitrogens with zero attached hydrogens (tertiary/aromatic N) is 2. The van der Waals surface area contributed by atoms with Gasteiger partial charge < -0.3 is 0 Å². The summed E-state index contributed by atoms with van der Waals surface area (Å²) in [6, 6.07) is 10.5. The first-order chi connectivity index (χ1) is 11.0. The third-order valence-electron chi connectivity index (χ3n) is 3.67. The Kier molecular flexibility index (Phi) is 5.75. The van der Waals surface area contributed by atoms with Gasteiger partial charge in [-0.25, -0.2) is 4.68 Å². The molecule has 1 heterocycles. The van der Waals surface area contributed by atoms with E-state index in [2.05, 4.69) is 81.4 Å². The van der Waals surface area contributed by atoms with Crippen LogP contribution in [0.5, 0.6) is 0 Å². The van der Waals surface area contributed by atoms with Gasteiger partial charge in [0.2, 0.25) is 0 Å². The molecule has 0 unspecified atom stereocenters. The number of aromatic nitrogens is 2. The normalized spacial score (nSPS) is 13.3. The van der Waals surface area contributed by atoms with Crippen LogP contribution in [0.15, 0.2) is 66.4 Å². The number of hydrogen-bond donors (Lipinski definition) is 0. The van der Waals surface area contributed by atoms with E-state index < -0.39 is 0 Å². The zero-order valence-corrected chi connectivity index (χ0v) is 14.7. The maximum atomic E-state index is 4.50. The Morgan fingerprint density at radius 1 is 1.22 bits per heavy atom. The maximum absolute atomic E-state index is 4.50. The number of aryl methyl sites for hydroxylation is 1. The molecule has 2 heteroatoms. The van der Waals surface area contributed by atoms with Gasteiger partial charge in [-0.3, -0.25) is 0 Å². The van der Waals surface area contributed by atoms with Gasteiger partial charge in [0.25, 0.3) is 0 Å². The van der Waals surface area contributed by atoms with Crippen LogP contribution in [-0.4, -0.2) is 9.78 Å². The average Bonchev–Trinajstić information content (AvgIpc) is 2.97. The standard InChI is InChI=1S/C21H26N2/c1-6-17(4)14-20(11-10-16(2)3)19-8-7-9-21(15-19)23-13-12-18(5)22-23/h6-16H,1-5H3/b11-10-,17-6+,20-14+. The molecule has 0 radical (unpaired) electrons. The molecule has 1 aromatic carbocycles. The van der Waals surface area contributed by atoms with E-state index in [1.807, 2.05) is 23.9 Å². The van der Waals surface area contributed by atoms with Crippen LogP contribution in [0.1, 0.15) is 39.0 Å². The van der Waals surface area contributed by atoms with Gasteiger partial charge in [-0.2, -0.15) is 5.10 Å². The number of rotatable bonds is 5. The summed E-state index contributed by atoms with van der Waals surface area (Å²) in [7, 11) is 0. The molecule has 0 bridgehead atoms. The Labute approximate surface area is 139 Å². The van der Waals surface area contributed by atoms with Crippen LogP contribution in [0.3, 0.4) is 0 Å². The van der Waals surface area contributed by atoms with Crippen molar-refractivity contribution in [1.82, 2.24) is 9.78 Å². The highest BCUT2D eigenvalue weighted by atomic mass is 15.3. The topological polar surface area (TPSA) is 17.8 Å².